The third kappa shape index (κ3) is 6.33. The van der Waals surface area contributed by atoms with Gasteiger partial charge in [-0.15, -0.1) is 0 Å². The van der Waals surface area contributed by atoms with Gasteiger partial charge in [-0.1, -0.05) is 33.1 Å². The number of nitrogens with one attached hydrogen (secondary N) is 2. The Morgan fingerprint density at radius 1 is 1.03 bits per heavy atom. The highest BCUT2D eigenvalue weighted by molar-refractivity contribution is 6.02. The van der Waals surface area contributed by atoms with Gasteiger partial charge >= 0.3 is 12.0 Å². The first-order chi connectivity index (χ1) is 18.3. The Hall–Kier alpha value is -3.88. The molecule has 2 amide bonds. The van der Waals surface area contributed by atoms with Crippen molar-refractivity contribution in [3.63, 3.8) is 0 Å². The summed E-state index contributed by atoms with van der Waals surface area (Å²) in [7, 11) is 1.32. The second-order valence-electron chi connectivity index (χ2n) is 10.00. The van der Waals surface area contributed by atoms with E-state index in [-0.39, 0.29) is 5.69 Å². The third-order valence-corrected chi connectivity index (χ3v) is 6.72. The maximum absolute atomic E-state index is 14.2. The molecule has 1 aromatic heterocycles. The van der Waals surface area contributed by atoms with Crippen LogP contribution in [0.2, 0.25) is 0 Å². The van der Waals surface area contributed by atoms with Gasteiger partial charge in [0, 0.05) is 30.5 Å². The molecule has 9 heteroatoms. The Balaban J connectivity index is 1.73. The van der Waals surface area contributed by atoms with E-state index in [0.29, 0.717) is 29.0 Å². The number of nitrogens with zero attached hydrogens (tertiary/aromatic N) is 2. The fourth-order valence-electron chi connectivity index (χ4n) is 5.00. The van der Waals surface area contributed by atoms with Crippen molar-refractivity contribution in [1.82, 2.24) is 4.57 Å². The lowest BCUT2D eigenvalue weighted by Gasteiger charge is -2.38. The second-order valence-corrected chi connectivity index (χ2v) is 10.00. The first-order valence-electron chi connectivity index (χ1n) is 13.0. The summed E-state index contributed by atoms with van der Waals surface area (Å²) in [6.07, 6.45) is 7.38. The molecule has 0 aliphatic heterocycles. The number of carbonyl (C=O) groups is 2. The number of aromatic nitrogens is 1. The molecule has 1 saturated carbocycles. The van der Waals surface area contributed by atoms with Gasteiger partial charge in [0.25, 0.3) is 0 Å². The van der Waals surface area contributed by atoms with Crippen LogP contribution < -0.4 is 15.5 Å². The number of benzene rings is 2. The molecule has 1 aliphatic carbocycles. The Bertz CT molecular complexity index is 1280. The Kier molecular flexibility index (Phi) is 8.66. The number of ether oxygens (including phenoxy) is 1. The van der Waals surface area contributed by atoms with Gasteiger partial charge in [-0.05, 0) is 61.2 Å². The number of hydrogen-bond donors (Lipinski definition) is 2. The number of methoxy groups -OCH3 is 1. The zero-order valence-corrected chi connectivity index (χ0v) is 22.0. The normalized spacial score (nSPS) is 13.8. The van der Waals surface area contributed by atoms with E-state index in [1.54, 1.807) is 29.0 Å². The van der Waals surface area contributed by atoms with Crippen LogP contribution in [0.5, 0.6) is 0 Å². The van der Waals surface area contributed by atoms with Crippen LogP contribution in [-0.4, -0.2) is 36.3 Å². The lowest BCUT2D eigenvalue weighted by molar-refractivity contribution is 0.0591. The number of halogens is 2. The van der Waals surface area contributed by atoms with Crippen molar-refractivity contribution >= 4 is 29.1 Å². The van der Waals surface area contributed by atoms with Crippen LogP contribution in [-0.2, 0) is 4.74 Å². The van der Waals surface area contributed by atoms with E-state index >= 15 is 0 Å². The number of hydrogen-bond acceptors (Lipinski definition) is 4. The quantitative estimate of drug-likeness (QED) is 0.312. The van der Waals surface area contributed by atoms with Crippen molar-refractivity contribution in [2.24, 2.45) is 5.92 Å². The fourth-order valence-corrected chi connectivity index (χ4v) is 5.00. The van der Waals surface area contributed by atoms with Crippen molar-refractivity contribution in [2.45, 2.75) is 52.0 Å². The number of anilines is 3. The Labute approximate surface area is 221 Å². The predicted molar refractivity (Wildman–Crippen MR) is 145 cm³/mol. The van der Waals surface area contributed by atoms with Gasteiger partial charge < -0.3 is 24.8 Å². The summed E-state index contributed by atoms with van der Waals surface area (Å²) in [5.74, 6) is -1.70. The highest BCUT2D eigenvalue weighted by Crippen LogP contribution is 2.35. The molecule has 0 spiro atoms. The molecule has 4 rings (SSSR count). The molecular formula is C29H34F2N4O3. The SMILES string of the molecule is COC(=O)c1cccn1-c1ccc(N(CC(C)C)C2CCCCC2)c(NC(=O)Nc2ccc(F)cc2F)c1. The van der Waals surface area contributed by atoms with Crippen molar-refractivity contribution in [2.75, 3.05) is 29.2 Å². The minimum absolute atomic E-state index is 0.133. The van der Waals surface area contributed by atoms with E-state index in [1.807, 2.05) is 12.1 Å². The molecule has 2 N–H and O–H groups in total. The average molecular weight is 525 g/mol. The molecule has 2 aromatic carbocycles. The second kappa shape index (κ2) is 12.1. The molecule has 3 aromatic rings. The van der Waals surface area contributed by atoms with Crippen LogP contribution in [0.15, 0.2) is 54.7 Å². The van der Waals surface area contributed by atoms with Crippen LogP contribution in [0.1, 0.15) is 56.4 Å². The fraction of sp³-hybridized carbons (Fsp3) is 0.379. The average Bonchev–Trinajstić information content (AvgIpc) is 3.39. The molecule has 1 fully saturated rings. The number of urea groups is 1. The lowest BCUT2D eigenvalue weighted by Crippen LogP contribution is -2.40. The molecule has 202 valence electrons. The smallest absolute Gasteiger partial charge is 0.355 e. The zero-order chi connectivity index (χ0) is 27.2. The molecule has 7 nitrogen and oxygen atoms in total. The highest BCUT2D eigenvalue weighted by atomic mass is 19.1. The zero-order valence-electron chi connectivity index (χ0n) is 22.0. The van der Waals surface area contributed by atoms with Gasteiger partial charge in [-0.25, -0.2) is 18.4 Å². The lowest BCUT2D eigenvalue weighted by atomic mass is 9.93. The minimum Gasteiger partial charge on any atom is -0.464 e. The maximum Gasteiger partial charge on any atom is 0.355 e. The van der Waals surface area contributed by atoms with Crippen LogP contribution >= 0.6 is 0 Å². The molecule has 0 unspecified atom stereocenters. The first kappa shape index (κ1) is 27.2. The summed E-state index contributed by atoms with van der Waals surface area (Å²) < 4.78 is 34.1. The van der Waals surface area contributed by atoms with Crippen molar-refractivity contribution < 1.29 is 23.1 Å². The van der Waals surface area contributed by atoms with E-state index in [1.165, 1.54) is 19.6 Å². The predicted octanol–water partition coefficient (Wildman–Crippen LogP) is 6.98. The first-order valence-corrected chi connectivity index (χ1v) is 13.0. The van der Waals surface area contributed by atoms with Crippen molar-refractivity contribution in [1.29, 1.82) is 0 Å². The Morgan fingerprint density at radius 3 is 2.45 bits per heavy atom. The number of amides is 2. The number of esters is 1. The van der Waals surface area contributed by atoms with Gasteiger partial charge in [0.1, 0.15) is 17.3 Å². The Morgan fingerprint density at radius 2 is 1.76 bits per heavy atom. The van der Waals surface area contributed by atoms with Crippen LogP contribution in [0.4, 0.5) is 30.6 Å². The van der Waals surface area contributed by atoms with Crippen LogP contribution in [0.25, 0.3) is 5.69 Å². The molecule has 38 heavy (non-hydrogen) atoms. The van der Waals surface area contributed by atoms with E-state index < -0.39 is 23.6 Å². The monoisotopic (exact) mass is 524 g/mol. The molecule has 0 saturated heterocycles. The van der Waals surface area contributed by atoms with Gasteiger partial charge in [-0.3, -0.25) is 0 Å². The molecule has 0 atom stereocenters. The summed E-state index contributed by atoms with van der Waals surface area (Å²) >= 11 is 0. The number of rotatable bonds is 8. The standard InChI is InChI=1S/C29H34F2N4O3/c1-19(2)18-35(21-8-5-4-6-9-21)26-14-12-22(34-15-7-10-27(34)28(36)38-3)17-25(26)33-29(37)32-24-13-11-20(30)16-23(24)31/h7,10-17,19,21H,4-6,8-9,18H2,1-3H3,(H2,32,33,37). The van der Waals surface area contributed by atoms with E-state index in [2.05, 4.69) is 29.4 Å². The van der Waals surface area contributed by atoms with E-state index in [9.17, 15) is 18.4 Å². The van der Waals surface area contributed by atoms with E-state index in [4.69, 9.17) is 4.74 Å². The van der Waals surface area contributed by atoms with Gasteiger partial charge in [0.2, 0.25) is 0 Å². The van der Waals surface area contributed by atoms with Crippen LogP contribution in [0, 0.1) is 17.6 Å². The molecule has 1 heterocycles. The third-order valence-electron chi connectivity index (χ3n) is 6.72. The summed E-state index contributed by atoms with van der Waals surface area (Å²) in [5, 5.41) is 5.35. The summed E-state index contributed by atoms with van der Waals surface area (Å²) in [5.41, 5.74) is 2.21. The molecule has 0 bridgehead atoms. The van der Waals surface area contributed by atoms with Gasteiger partial charge in [-0.2, -0.15) is 0 Å². The molecular weight excluding hydrogens is 490 g/mol. The topological polar surface area (TPSA) is 75.6 Å². The summed E-state index contributed by atoms with van der Waals surface area (Å²) in [6.45, 7) is 5.11. The van der Waals surface area contributed by atoms with Gasteiger partial charge in [0.15, 0.2) is 0 Å². The maximum atomic E-state index is 14.2. The minimum atomic E-state index is -0.868. The van der Waals surface area contributed by atoms with Crippen molar-refractivity contribution in [3.05, 3.63) is 72.1 Å². The number of carbonyl (C=O) groups excluding carboxylic acids is 2. The largest absolute Gasteiger partial charge is 0.464 e. The summed E-state index contributed by atoms with van der Waals surface area (Å²) in [4.78, 5) is 27.7. The highest BCUT2D eigenvalue weighted by Gasteiger charge is 2.25. The molecule has 1 aliphatic rings. The van der Waals surface area contributed by atoms with Crippen LogP contribution in [0.3, 0.4) is 0 Å². The summed E-state index contributed by atoms with van der Waals surface area (Å²) in [6, 6.07) is 11.7. The molecule has 0 radical (unpaired) electrons. The van der Waals surface area contributed by atoms with Gasteiger partial charge in [0.05, 0.1) is 24.2 Å². The van der Waals surface area contributed by atoms with E-state index in [0.717, 1.165) is 50.0 Å². The van der Waals surface area contributed by atoms with Crippen molar-refractivity contribution in [3.8, 4) is 5.69 Å².